The molecular weight excluding hydrogens is 243 g/mol. The van der Waals surface area contributed by atoms with Crippen molar-refractivity contribution in [2.45, 2.75) is 12.8 Å². The first-order valence-corrected chi connectivity index (χ1v) is 6.06. The lowest BCUT2D eigenvalue weighted by atomic mass is 9.92. The average Bonchev–Trinajstić information content (AvgIpc) is 2.46. The molecule has 0 saturated heterocycles. The fourth-order valence-electron chi connectivity index (χ4n) is 1.94. The maximum atomic E-state index is 13.6. The van der Waals surface area contributed by atoms with Crippen LogP contribution in [0.1, 0.15) is 28.8 Å². The summed E-state index contributed by atoms with van der Waals surface area (Å²) in [7, 11) is 1.59. The second-order valence-electron chi connectivity index (χ2n) is 4.34. The van der Waals surface area contributed by atoms with Gasteiger partial charge in [0.05, 0.1) is 12.7 Å². The number of carbonyl (C=O) groups is 1. The minimum atomic E-state index is -0.479. The van der Waals surface area contributed by atoms with Crippen LogP contribution in [-0.2, 0) is 0 Å². The molecule has 0 aliphatic rings. The highest BCUT2D eigenvalue weighted by molar-refractivity contribution is 6.00. The standard InChI is InChI=1S/C16H15FO2/c1-11(12-7-9-13(19-2)10-8-12)16(18)14-5-3-4-6-15(14)17/h3-11H,1-2H3. The van der Waals surface area contributed by atoms with Gasteiger partial charge in [-0.25, -0.2) is 4.39 Å². The van der Waals surface area contributed by atoms with E-state index in [4.69, 9.17) is 4.74 Å². The predicted molar refractivity (Wildman–Crippen MR) is 72.1 cm³/mol. The number of benzene rings is 2. The van der Waals surface area contributed by atoms with Gasteiger partial charge in [0.1, 0.15) is 11.6 Å². The number of hydrogen-bond acceptors (Lipinski definition) is 2. The number of ether oxygens (including phenoxy) is 1. The molecule has 1 atom stereocenters. The van der Waals surface area contributed by atoms with Crippen LogP contribution in [0, 0.1) is 5.82 Å². The van der Waals surface area contributed by atoms with E-state index in [9.17, 15) is 9.18 Å². The molecule has 0 aliphatic heterocycles. The zero-order valence-corrected chi connectivity index (χ0v) is 10.9. The zero-order chi connectivity index (χ0) is 13.8. The molecule has 0 aliphatic carbocycles. The Labute approximate surface area is 111 Å². The highest BCUT2D eigenvalue weighted by atomic mass is 19.1. The van der Waals surface area contributed by atoms with Crippen molar-refractivity contribution in [3.05, 3.63) is 65.5 Å². The zero-order valence-electron chi connectivity index (χ0n) is 10.9. The van der Waals surface area contributed by atoms with Crippen LogP contribution in [0.4, 0.5) is 4.39 Å². The SMILES string of the molecule is COc1ccc(C(C)C(=O)c2ccccc2F)cc1. The summed E-state index contributed by atoms with van der Waals surface area (Å²) in [6, 6.07) is 13.3. The molecule has 1 unspecified atom stereocenters. The van der Waals surface area contributed by atoms with E-state index in [0.29, 0.717) is 0 Å². The van der Waals surface area contributed by atoms with E-state index in [-0.39, 0.29) is 17.3 Å². The molecular formula is C16H15FO2. The Morgan fingerprint density at radius 3 is 2.32 bits per heavy atom. The van der Waals surface area contributed by atoms with Crippen LogP contribution in [0.3, 0.4) is 0 Å². The normalized spacial score (nSPS) is 11.9. The molecule has 0 amide bonds. The molecule has 2 nitrogen and oxygen atoms in total. The van der Waals surface area contributed by atoms with Crippen LogP contribution in [0.2, 0.25) is 0 Å². The van der Waals surface area contributed by atoms with Crippen molar-refractivity contribution < 1.29 is 13.9 Å². The molecule has 98 valence electrons. The Kier molecular flexibility index (Phi) is 3.95. The first-order chi connectivity index (χ1) is 9.13. The number of carbonyl (C=O) groups excluding carboxylic acids is 1. The lowest BCUT2D eigenvalue weighted by Crippen LogP contribution is -2.11. The number of halogens is 1. The van der Waals surface area contributed by atoms with Gasteiger partial charge in [0.15, 0.2) is 5.78 Å². The fraction of sp³-hybridized carbons (Fsp3) is 0.188. The monoisotopic (exact) mass is 258 g/mol. The second-order valence-corrected chi connectivity index (χ2v) is 4.34. The molecule has 0 spiro atoms. The molecule has 2 aromatic rings. The van der Waals surface area contributed by atoms with Gasteiger partial charge in [0.25, 0.3) is 0 Å². The van der Waals surface area contributed by atoms with Crippen molar-refractivity contribution in [2.75, 3.05) is 7.11 Å². The third-order valence-corrected chi connectivity index (χ3v) is 3.15. The Morgan fingerprint density at radius 2 is 1.74 bits per heavy atom. The van der Waals surface area contributed by atoms with Crippen molar-refractivity contribution in [2.24, 2.45) is 0 Å². The largest absolute Gasteiger partial charge is 0.497 e. The minimum absolute atomic E-state index is 0.130. The molecule has 0 bridgehead atoms. The van der Waals surface area contributed by atoms with Gasteiger partial charge in [-0.15, -0.1) is 0 Å². The molecule has 0 N–H and O–H groups in total. The second kappa shape index (κ2) is 5.65. The molecule has 2 rings (SSSR count). The molecule has 0 radical (unpaired) electrons. The van der Waals surface area contributed by atoms with Crippen molar-refractivity contribution in [1.82, 2.24) is 0 Å². The van der Waals surface area contributed by atoms with Gasteiger partial charge in [-0.1, -0.05) is 31.2 Å². The first-order valence-electron chi connectivity index (χ1n) is 6.06. The molecule has 3 heteroatoms. The molecule has 2 aromatic carbocycles. The summed E-state index contributed by atoms with van der Waals surface area (Å²) < 4.78 is 18.7. The predicted octanol–water partition coefficient (Wildman–Crippen LogP) is 3.82. The van der Waals surface area contributed by atoms with Gasteiger partial charge in [0.2, 0.25) is 0 Å². The van der Waals surface area contributed by atoms with Crippen LogP contribution in [0.15, 0.2) is 48.5 Å². The lowest BCUT2D eigenvalue weighted by Gasteiger charge is -2.12. The average molecular weight is 258 g/mol. The Morgan fingerprint density at radius 1 is 1.11 bits per heavy atom. The van der Waals surface area contributed by atoms with E-state index in [2.05, 4.69) is 0 Å². The van der Waals surface area contributed by atoms with Crippen molar-refractivity contribution in [1.29, 1.82) is 0 Å². The Bertz CT molecular complexity index is 576. The van der Waals surface area contributed by atoms with E-state index in [1.54, 1.807) is 38.3 Å². The van der Waals surface area contributed by atoms with Crippen LogP contribution < -0.4 is 4.74 Å². The van der Waals surface area contributed by atoms with E-state index in [1.807, 2.05) is 12.1 Å². The maximum absolute atomic E-state index is 13.6. The van der Waals surface area contributed by atoms with Gasteiger partial charge in [0, 0.05) is 5.92 Å². The van der Waals surface area contributed by atoms with Crippen LogP contribution in [-0.4, -0.2) is 12.9 Å². The molecule has 0 heterocycles. The van der Waals surface area contributed by atoms with E-state index in [1.165, 1.54) is 12.1 Å². The summed E-state index contributed by atoms with van der Waals surface area (Å²) in [5, 5.41) is 0. The number of methoxy groups -OCH3 is 1. The smallest absolute Gasteiger partial charge is 0.172 e. The summed E-state index contributed by atoms with van der Waals surface area (Å²) in [5.74, 6) is -0.353. The molecule has 19 heavy (non-hydrogen) atoms. The van der Waals surface area contributed by atoms with E-state index in [0.717, 1.165) is 11.3 Å². The number of hydrogen-bond donors (Lipinski definition) is 0. The number of rotatable bonds is 4. The van der Waals surface area contributed by atoms with Gasteiger partial charge < -0.3 is 4.74 Å². The van der Waals surface area contributed by atoms with Crippen LogP contribution in [0.25, 0.3) is 0 Å². The van der Waals surface area contributed by atoms with Gasteiger partial charge in [-0.2, -0.15) is 0 Å². The topological polar surface area (TPSA) is 26.3 Å². The maximum Gasteiger partial charge on any atom is 0.172 e. The third-order valence-electron chi connectivity index (χ3n) is 3.15. The number of Topliss-reactive ketones (excluding diaryl/α,β-unsaturated/α-hetero) is 1. The highest BCUT2D eigenvalue weighted by Crippen LogP contribution is 2.23. The molecule has 0 fully saturated rings. The minimum Gasteiger partial charge on any atom is -0.497 e. The summed E-state index contributed by atoms with van der Waals surface area (Å²) in [5.41, 5.74) is 0.972. The van der Waals surface area contributed by atoms with Crippen molar-refractivity contribution in [3.63, 3.8) is 0 Å². The lowest BCUT2D eigenvalue weighted by molar-refractivity contribution is 0.0962. The highest BCUT2D eigenvalue weighted by Gasteiger charge is 2.19. The van der Waals surface area contributed by atoms with Crippen molar-refractivity contribution >= 4 is 5.78 Å². The third kappa shape index (κ3) is 2.81. The van der Waals surface area contributed by atoms with E-state index < -0.39 is 5.82 Å². The van der Waals surface area contributed by atoms with Gasteiger partial charge >= 0.3 is 0 Å². The Balaban J connectivity index is 2.26. The summed E-state index contributed by atoms with van der Waals surface area (Å²) in [4.78, 5) is 12.2. The van der Waals surface area contributed by atoms with E-state index >= 15 is 0 Å². The Hall–Kier alpha value is -2.16. The summed E-state index contributed by atoms with van der Waals surface area (Å²) in [6.45, 7) is 1.77. The molecule has 0 aromatic heterocycles. The van der Waals surface area contributed by atoms with Crippen LogP contribution in [0.5, 0.6) is 5.75 Å². The van der Waals surface area contributed by atoms with Crippen molar-refractivity contribution in [3.8, 4) is 5.75 Å². The summed E-state index contributed by atoms with van der Waals surface area (Å²) in [6.07, 6.45) is 0. The van der Waals surface area contributed by atoms with Gasteiger partial charge in [-0.05, 0) is 29.8 Å². The molecule has 0 saturated carbocycles. The first kappa shape index (κ1) is 13.3. The fourth-order valence-corrected chi connectivity index (χ4v) is 1.94. The quantitative estimate of drug-likeness (QED) is 0.779. The van der Waals surface area contributed by atoms with Gasteiger partial charge in [-0.3, -0.25) is 4.79 Å². The number of ketones is 1. The van der Waals surface area contributed by atoms with Crippen LogP contribution >= 0.6 is 0 Å². The summed E-state index contributed by atoms with van der Waals surface area (Å²) >= 11 is 0.